The number of nitrogens with one attached hydrogen (secondary N) is 3. The first-order valence-corrected chi connectivity index (χ1v) is 11.6. The number of amides is 1. The topological polar surface area (TPSA) is 87.6 Å². The number of hydrogen-bond donors (Lipinski definition) is 3. The first kappa shape index (κ1) is 22.6. The maximum absolute atomic E-state index is 13.2. The summed E-state index contributed by atoms with van der Waals surface area (Å²) in [6.45, 7) is 10.3. The summed E-state index contributed by atoms with van der Waals surface area (Å²) in [5.74, 6) is 0.432. The van der Waals surface area contributed by atoms with Gasteiger partial charge in [-0.05, 0) is 62.3 Å². The summed E-state index contributed by atoms with van der Waals surface area (Å²) >= 11 is 6.67. The van der Waals surface area contributed by atoms with Gasteiger partial charge in [-0.2, -0.15) is 5.10 Å². The van der Waals surface area contributed by atoms with Crippen LogP contribution in [0.1, 0.15) is 27.2 Å². The quantitative estimate of drug-likeness (QED) is 0.219. The second kappa shape index (κ2) is 9.51. The Morgan fingerprint density at radius 1 is 1.18 bits per heavy atom. The lowest BCUT2D eigenvalue weighted by atomic mass is 10.1. The van der Waals surface area contributed by atoms with E-state index in [-0.39, 0.29) is 5.91 Å². The molecule has 7 nitrogen and oxygen atoms in total. The molecule has 0 unspecified atom stereocenters. The van der Waals surface area contributed by atoms with E-state index in [1.54, 1.807) is 12.1 Å². The van der Waals surface area contributed by atoms with Crippen LogP contribution in [0.3, 0.4) is 0 Å². The Morgan fingerprint density at radius 2 is 1.94 bits per heavy atom. The smallest absolute Gasteiger partial charge is 0.259 e. The average molecular weight is 477 g/mol. The Kier molecular flexibility index (Phi) is 6.52. The normalized spacial score (nSPS) is 10.8. The zero-order valence-corrected chi connectivity index (χ0v) is 20.2. The molecule has 2 aromatic carbocycles. The molecule has 0 atom stereocenters. The molecule has 0 aliphatic rings. The van der Waals surface area contributed by atoms with Crippen molar-refractivity contribution in [1.29, 1.82) is 0 Å². The van der Waals surface area contributed by atoms with Gasteiger partial charge in [-0.1, -0.05) is 41.7 Å². The molecule has 1 amide bonds. The van der Waals surface area contributed by atoms with Crippen LogP contribution in [-0.4, -0.2) is 25.7 Å². The van der Waals surface area contributed by atoms with Gasteiger partial charge in [0, 0.05) is 12.2 Å². The lowest BCUT2D eigenvalue weighted by Crippen LogP contribution is -2.14. The van der Waals surface area contributed by atoms with E-state index in [1.165, 1.54) is 16.9 Å². The van der Waals surface area contributed by atoms with Crippen molar-refractivity contribution in [3.8, 4) is 10.7 Å². The number of carbonyl (C=O) groups excluding carboxylic acids is 1. The fraction of sp³-hybridized carbons (Fsp3) is 0.167. The number of benzene rings is 2. The van der Waals surface area contributed by atoms with Crippen molar-refractivity contribution < 1.29 is 4.79 Å². The van der Waals surface area contributed by atoms with E-state index in [0.29, 0.717) is 27.8 Å². The number of carbonyl (C=O) groups is 1. The molecule has 0 saturated carbocycles. The number of thiazole rings is 1. The lowest BCUT2D eigenvalue weighted by Gasteiger charge is -2.14. The van der Waals surface area contributed by atoms with Gasteiger partial charge in [-0.3, -0.25) is 19.8 Å². The number of rotatable bonds is 7. The molecule has 0 aliphatic carbocycles. The van der Waals surface area contributed by atoms with E-state index < -0.39 is 0 Å². The molecular weight excluding hydrogens is 452 g/mol. The monoisotopic (exact) mass is 476 g/mol. The van der Waals surface area contributed by atoms with Gasteiger partial charge in [0.15, 0.2) is 15.7 Å². The lowest BCUT2D eigenvalue weighted by molar-refractivity contribution is 0.102. The van der Waals surface area contributed by atoms with E-state index in [1.807, 2.05) is 41.8 Å². The number of aromatic nitrogens is 4. The summed E-state index contributed by atoms with van der Waals surface area (Å²) in [6, 6.07) is 13.5. The van der Waals surface area contributed by atoms with Gasteiger partial charge in [0.05, 0.1) is 21.8 Å². The summed E-state index contributed by atoms with van der Waals surface area (Å²) in [5.41, 5.74) is 5.30. The number of allylic oxidation sites excluding steroid dienone is 1. The number of anilines is 3. The highest BCUT2D eigenvalue weighted by Gasteiger charge is 2.19. The molecule has 4 aromatic rings. The summed E-state index contributed by atoms with van der Waals surface area (Å²) in [5, 5.41) is 14.0. The average Bonchev–Trinajstić information content (AvgIpc) is 3.33. The Hall–Kier alpha value is -3.56. The Morgan fingerprint density at radius 3 is 2.73 bits per heavy atom. The molecular formula is C24H24N6OS2. The van der Waals surface area contributed by atoms with Gasteiger partial charge in [0.25, 0.3) is 5.91 Å². The van der Waals surface area contributed by atoms with E-state index in [9.17, 15) is 4.79 Å². The van der Waals surface area contributed by atoms with Crippen LogP contribution in [-0.2, 0) is 6.54 Å². The maximum atomic E-state index is 13.2. The summed E-state index contributed by atoms with van der Waals surface area (Å²) < 4.78 is 2.35. The van der Waals surface area contributed by atoms with Crippen LogP contribution in [0.5, 0.6) is 0 Å². The Bertz CT molecular complexity index is 1400. The molecule has 0 saturated heterocycles. The first-order valence-electron chi connectivity index (χ1n) is 10.4. The third-order valence-electron chi connectivity index (χ3n) is 5.34. The number of hydrogen-bond acceptors (Lipinski definition) is 6. The molecule has 33 heavy (non-hydrogen) atoms. The summed E-state index contributed by atoms with van der Waals surface area (Å²) in [7, 11) is 0. The van der Waals surface area contributed by atoms with Crippen LogP contribution < -0.4 is 10.6 Å². The minimum Gasteiger partial charge on any atom is -0.355 e. The van der Waals surface area contributed by atoms with Crippen molar-refractivity contribution in [1.82, 2.24) is 19.7 Å². The fourth-order valence-corrected chi connectivity index (χ4v) is 4.60. The third kappa shape index (κ3) is 4.64. The highest BCUT2D eigenvalue weighted by atomic mass is 32.1. The Balaban J connectivity index is 1.60. The number of para-hydroxylation sites is 1. The van der Waals surface area contributed by atoms with Gasteiger partial charge in [0.2, 0.25) is 0 Å². The molecule has 4 rings (SSSR count). The van der Waals surface area contributed by atoms with Crippen LogP contribution in [0, 0.1) is 25.5 Å². The SMILES string of the molecule is C=CCn1c(-c2sc(NC(=O)c3ccccc3Nc3cccc(C)c3C)nc2C)n[nH]c1=S. The Labute approximate surface area is 201 Å². The molecule has 0 bridgehead atoms. The minimum absolute atomic E-state index is 0.242. The highest BCUT2D eigenvalue weighted by Crippen LogP contribution is 2.32. The molecule has 0 radical (unpaired) electrons. The van der Waals surface area contributed by atoms with Crippen molar-refractivity contribution in [3.63, 3.8) is 0 Å². The molecule has 0 aliphatic heterocycles. The standard InChI is InChI=1S/C24H24N6OS2/c1-5-13-30-21(28-29-24(30)32)20-16(4)25-23(33-20)27-22(31)17-10-6-7-11-19(17)26-18-12-8-9-14(2)15(18)3/h5-12,26H,1,13H2,2-4H3,(H,29,32)(H,25,27,31). The highest BCUT2D eigenvalue weighted by molar-refractivity contribution is 7.71. The van der Waals surface area contributed by atoms with Gasteiger partial charge < -0.3 is 5.32 Å². The number of H-pyrrole nitrogens is 1. The van der Waals surface area contributed by atoms with Gasteiger partial charge in [0.1, 0.15) is 0 Å². The fourth-order valence-electron chi connectivity index (χ4n) is 3.43. The van der Waals surface area contributed by atoms with Crippen LogP contribution in [0.4, 0.5) is 16.5 Å². The van der Waals surface area contributed by atoms with Crippen molar-refractivity contribution in [2.75, 3.05) is 10.6 Å². The van der Waals surface area contributed by atoms with E-state index in [2.05, 4.69) is 52.3 Å². The predicted molar refractivity (Wildman–Crippen MR) is 137 cm³/mol. The molecule has 2 aromatic heterocycles. The van der Waals surface area contributed by atoms with Crippen LogP contribution in [0.15, 0.2) is 55.1 Å². The predicted octanol–water partition coefficient (Wildman–Crippen LogP) is 6.17. The molecule has 0 fully saturated rings. The van der Waals surface area contributed by atoms with Crippen molar-refractivity contribution in [2.45, 2.75) is 27.3 Å². The first-order chi connectivity index (χ1) is 15.9. The van der Waals surface area contributed by atoms with Crippen LogP contribution in [0.2, 0.25) is 0 Å². The van der Waals surface area contributed by atoms with Crippen molar-refractivity contribution in [2.24, 2.45) is 0 Å². The zero-order valence-electron chi connectivity index (χ0n) is 18.6. The van der Waals surface area contributed by atoms with Crippen molar-refractivity contribution >= 4 is 46.0 Å². The van der Waals surface area contributed by atoms with E-state index in [0.717, 1.165) is 27.5 Å². The molecule has 2 heterocycles. The van der Waals surface area contributed by atoms with Gasteiger partial charge in [-0.25, -0.2) is 4.98 Å². The number of aryl methyl sites for hydroxylation is 2. The zero-order chi connectivity index (χ0) is 23.5. The largest absolute Gasteiger partial charge is 0.355 e. The van der Waals surface area contributed by atoms with Crippen molar-refractivity contribution in [3.05, 3.63) is 82.3 Å². The molecule has 9 heteroatoms. The van der Waals surface area contributed by atoms with Crippen LogP contribution in [0.25, 0.3) is 10.7 Å². The summed E-state index contributed by atoms with van der Waals surface area (Å²) in [4.78, 5) is 18.5. The maximum Gasteiger partial charge on any atom is 0.259 e. The van der Waals surface area contributed by atoms with E-state index >= 15 is 0 Å². The molecule has 0 spiro atoms. The summed E-state index contributed by atoms with van der Waals surface area (Å²) in [6.07, 6.45) is 1.76. The van der Waals surface area contributed by atoms with Gasteiger partial charge in [-0.15, -0.1) is 6.58 Å². The second-order valence-electron chi connectivity index (χ2n) is 7.56. The van der Waals surface area contributed by atoms with Gasteiger partial charge >= 0.3 is 0 Å². The number of aromatic amines is 1. The number of nitrogens with zero attached hydrogens (tertiary/aromatic N) is 3. The minimum atomic E-state index is -0.242. The molecule has 3 N–H and O–H groups in total. The third-order valence-corrected chi connectivity index (χ3v) is 6.72. The molecule has 168 valence electrons. The van der Waals surface area contributed by atoms with E-state index in [4.69, 9.17) is 12.2 Å². The van der Waals surface area contributed by atoms with Crippen LogP contribution >= 0.6 is 23.6 Å². The second-order valence-corrected chi connectivity index (χ2v) is 8.94.